The summed E-state index contributed by atoms with van der Waals surface area (Å²) in [5.41, 5.74) is -0.345. The molecule has 0 N–H and O–H groups in total. The van der Waals surface area contributed by atoms with Gasteiger partial charge in [-0.05, 0) is 13.8 Å². The predicted octanol–water partition coefficient (Wildman–Crippen LogP) is 1.28. The maximum atomic E-state index is 9.63. The van der Waals surface area contributed by atoms with Crippen molar-refractivity contribution in [3.63, 3.8) is 0 Å². The van der Waals surface area contributed by atoms with Gasteiger partial charge >= 0.3 is 6.47 Å². The lowest BCUT2D eigenvalue weighted by molar-refractivity contribution is 0.117. The number of hydrogen-bond donors (Lipinski definition) is 0. The Bertz CT molecular complexity index is 80.5. The molecule has 3 heteroatoms. The topological polar surface area (TPSA) is 26.3 Å². The fourth-order valence-corrected chi connectivity index (χ4v) is 0.296. The van der Waals surface area contributed by atoms with Gasteiger partial charge in [0.05, 0.1) is 0 Å². The molecule has 0 aliphatic carbocycles. The van der Waals surface area contributed by atoms with Crippen molar-refractivity contribution >= 4 is 29.1 Å². The Kier molecular flexibility index (Phi) is 3.35. The number of carbonyl (C=O) groups excluding carboxylic acids is 1. The van der Waals surface area contributed by atoms with Crippen LogP contribution in [-0.4, -0.2) is 16.5 Å². The summed E-state index contributed by atoms with van der Waals surface area (Å²) in [6.07, 6.45) is 0. The molecule has 0 unspecified atom stereocenters. The molecule has 0 amide bonds. The van der Waals surface area contributed by atoms with Crippen LogP contribution in [0.1, 0.15) is 13.8 Å². The van der Waals surface area contributed by atoms with Gasteiger partial charge in [-0.3, -0.25) is 0 Å². The summed E-state index contributed by atoms with van der Waals surface area (Å²) in [7, 11) is 0. The largest absolute Gasteiger partial charge is 0.450 e. The summed E-state index contributed by atoms with van der Waals surface area (Å²) < 4.78 is 5.36. The average molecular weight is 227 g/mol. The van der Waals surface area contributed by atoms with Gasteiger partial charge in [0.2, 0.25) is 0 Å². The molecular weight excluding hydrogens is 219 g/mol. The van der Waals surface area contributed by atoms with Crippen LogP contribution in [0.5, 0.6) is 0 Å². The SMILES string of the molecule is CC(C)(CI)O[C]=O. The summed E-state index contributed by atoms with van der Waals surface area (Å²) in [6.45, 7) is 5.08. The molecule has 0 rings (SSSR count). The first-order valence-corrected chi connectivity index (χ1v) is 3.76. The van der Waals surface area contributed by atoms with E-state index in [0.717, 1.165) is 4.43 Å². The standard InChI is InChI=1S/C5H8IO2/c1-5(2,3-6)8-4-7/h3H2,1-2H3. The van der Waals surface area contributed by atoms with Crippen molar-refractivity contribution in [2.45, 2.75) is 19.4 Å². The van der Waals surface area contributed by atoms with Crippen LogP contribution >= 0.6 is 22.6 Å². The van der Waals surface area contributed by atoms with Crippen molar-refractivity contribution in [3.8, 4) is 0 Å². The lowest BCUT2D eigenvalue weighted by Crippen LogP contribution is -2.25. The van der Waals surface area contributed by atoms with Gasteiger partial charge in [0.25, 0.3) is 0 Å². The van der Waals surface area contributed by atoms with Crippen LogP contribution in [-0.2, 0) is 9.53 Å². The quantitative estimate of drug-likeness (QED) is 0.536. The Morgan fingerprint density at radius 2 is 2.25 bits per heavy atom. The molecule has 8 heavy (non-hydrogen) atoms. The maximum absolute atomic E-state index is 9.63. The number of rotatable bonds is 3. The Balaban J connectivity index is 3.53. The lowest BCUT2D eigenvalue weighted by Gasteiger charge is -2.17. The molecule has 0 aromatic heterocycles. The molecule has 0 aliphatic rings. The van der Waals surface area contributed by atoms with E-state index < -0.39 is 0 Å². The molecule has 0 bridgehead atoms. The Hall–Kier alpha value is 0.200. The van der Waals surface area contributed by atoms with Gasteiger partial charge in [-0.15, -0.1) is 0 Å². The molecule has 0 fully saturated rings. The van der Waals surface area contributed by atoms with E-state index in [9.17, 15) is 4.79 Å². The summed E-state index contributed by atoms with van der Waals surface area (Å²) >= 11 is 2.15. The van der Waals surface area contributed by atoms with Crippen LogP contribution in [0.4, 0.5) is 0 Å². The van der Waals surface area contributed by atoms with E-state index in [-0.39, 0.29) is 5.60 Å². The van der Waals surface area contributed by atoms with Crippen LogP contribution < -0.4 is 0 Å². The fraction of sp³-hybridized carbons (Fsp3) is 0.800. The van der Waals surface area contributed by atoms with Gasteiger partial charge in [0, 0.05) is 4.43 Å². The van der Waals surface area contributed by atoms with Gasteiger partial charge in [-0.25, -0.2) is 4.79 Å². The highest BCUT2D eigenvalue weighted by atomic mass is 127. The first-order chi connectivity index (χ1) is 3.62. The first kappa shape index (κ1) is 8.20. The minimum Gasteiger partial charge on any atom is -0.450 e. The second kappa shape index (κ2) is 3.27. The highest BCUT2D eigenvalue weighted by molar-refractivity contribution is 14.1. The zero-order valence-electron chi connectivity index (χ0n) is 4.90. The summed E-state index contributed by atoms with van der Waals surface area (Å²) in [5, 5.41) is 0. The third-order valence-corrected chi connectivity index (χ3v) is 2.48. The average Bonchev–Trinajstić information content (AvgIpc) is 1.67. The number of alkyl halides is 1. The molecule has 0 saturated heterocycles. The van der Waals surface area contributed by atoms with Crippen LogP contribution in [0.25, 0.3) is 0 Å². The van der Waals surface area contributed by atoms with E-state index in [1.807, 2.05) is 13.8 Å². The predicted molar refractivity (Wildman–Crippen MR) is 39.7 cm³/mol. The van der Waals surface area contributed by atoms with Crippen LogP contribution in [0.15, 0.2) is 0 Å². The van der Waals surface area contributed by atoms with Crippen LogP contribution in [0.2, 0.25) is 0 Å². The Morgan fingerprint density at radius 1 is 1.75 bits per heavy atom. The lowest BCUT2D eigenvalue weighted by atomic mass is 10.2. The first-order valence-electron chi connectivity index (χ1n) is 2.23. The summed E-state index contributed by atoms with van der Waals surface area (Å²) in [5.74, 6) is 0. The van der Waals surface area contributed by atoms with Crippen LogP contribution in [0, 0.1) is 0 Å². The van der Waals surface area contributed by atoms with Crippen molar-refractivity contribution in [1.29, 1.82) is 0 Å². The van der Waals surface area contributed by atoms with Crippen molar-refractivity contribution in [2.75, 3.05) is 4.43 Å². The van der Waals surface area contributed by atoms with Crippen molar-refractivity contribution in [3.05, 3.63) is 0 Å². The minimum atomic E-state index is -0.345. The Morgan fingerprint density at radius 3 is 2.38 bits per heavy atom. The van der Waals surface area contributed by atoms with Gasteiger partial charge in [-0.2, -0.15) is 0 Å². The molecule has 47 valence electrons. The van der Waals surface area contributed by atoms with Crippen molar-refractivity contribution in [2.24, 2.45) is 0 Å². The van der Waals surface area contributed by atoms with E-state index in [4.69, 9.17) is 0 Å². The smallest absolute Gasteiger partial charge is 0.418 e. The summed E-state index contributed by atoms with van der Waals surface area (Å²) in [4.78, 5) is 9.63. The molecule has 0 heterocycles. The molecule has 0 aliphatic heterocycles. The van der Waals surface area contributed by atoms with E-state index in [2.05, 4.69) is 27.3 Å². The van der Waals surface area contributed by atoms with Gasteiger partial charge in [0.1, 0.15) is 5.60 Å². The summed E-state index contributed by atoms with van der Waals surface area (Å²) in [6, 6.07) is 0. The second-order valence-electron chi connectivity index (χ2n) is 2.08. The van der Waals surface area contributed by atoms with Crippen LogP contribution in [0.3, 0.4) is 0 Å². The molecule has 2 nitrogen and oxygen atoms in total. The highest BCUT2D eigenvalue weighted by Gasteiger charge is 2.15. The maximum Gasteiger partial charge on any atom is 0.418 e. The third kappa shape index (κ3) is 3.23. The molecular formula is C5H8IO2. The molecule has 0 atom stereocenters. The van der Waals surface area contributed by atoms with Crippen molar-refractivity contribution in [1.82, 2.24) is 0 Å². The highest BCUT2D eigenvalue weighted by Crippen LogP contribution is 2.10. The number of halogens is 1. The third-order valence-electron chi connectivity index (χ3n) is 0.640. The normalized spacial score (nSPS) is 10.9. The fourth-order valence-electron chi connectivity index (χ4n) is 0.140. The molecule has 0 spiro atoms. The monoisotopic (exact) mass is 227 g/mol. The van der Waals surface area contributed by atoms with Gasteiger partial charge in [0.15, 0.2) is 0 Å². The zero-order chi connectivity index (χ0) is 6.62. The molecule has 1 radical (unpaired) electrons. The van der Waals surface area contributed by atoms with E-state index in [1.54, 1.807) is 0 Å². The van der Waals surface area contributed by atoms with E-state index >= 15 is 0 Å². The molecule has 0 saturated carbocycles. The second-order valence-corrected chi connectivity index (χ2v) is 2.84. The van der Waals surface area contributed by atoms with E-state index in [1.165, 1.54) is 6.47 Å². The molecule has 0 aromatic rings. The Labute approximate surface area is 62.7 Å². The van der Waals surface area contributed by atoms with Gasteiger partial charge < -0.3 is 4.74 Å². The van der Waals surface area contributed by atoms with Gasteiger partial charge in [-0.1, -0.05) is 22.6 Å². The van der Waals surface area contributed by atoms with E-state index in [0.29, 0.717) is 0 Å². The minimum absolute atomic E-state index is 0.345. The van der Waals surface area contributed by atoms with Crippen molar-refractivity contribution < 1.29 is 9.53 Å². The zero-order valence-corrected chi connectivity index (χ0v) is 7.06. The molecule has 0 aromatic carbocycles. The number of hydrogen-bond acceptors (Lipinski definition) is 2. The number of ether oxygens (including phenoxy) is 1.